The number of furan rings is 1. The molecule has 3 nitrogen and oxygen atoms in total. The largest absolute Gasteiger partial charge is 0.469 e. The number of aryl methyl sites for hydroxylation is 1. The standard InChI is InChI=1S/C14H19NO2/c16-14(10-4-1-2-5-10)15-12-6-3-7-13-11(12)8-9-17-13/h8-10,12H,1-7H2,(H,15,16). The quantitative estimate of drug-likeness (QED) is 0.853. The van der Waals surface area contributed by atoms with E-state index in [9.17, 15) is 4.79 Å². The minimum Gasteiger partial charge on any atom is -0.469 e. The molecule has 0 aromatic carbocycles. The summed E-state index contributed by atoms with van der Waals surface area (Å²) < 4.78 is 5.44. The number of carbonyl (C=O) groups excluding carboxylic acids is 1. The van der Waals surface area contributed by atoms with E-state index in [-0.39, 0.29) is 17.9 Å². The van der Waals surface area contributed by atoms with Gasteiger partial charge in [0, 0.05) is 17.9 Å². The summed E-state index contributed by atoms with van der Waals surface area (Å²) in [6.45, 7) is 0. The maximum Gasteiger partial charge on any atom is 0.223 e. The number of rotatable bonds is 2. The van der Waals surface area contributed by atoms with Gasteiger partial charge in [-0.2, -0.15) is 0 Å². The highest BCUT2D eigenvalue weighted by atomic mass is 16.3. The van der Waals surface area contributed by atoms with Gasteiger partial charge in [0.1, 0.15) is 5.76 Å². The lowest BCUT2D eigenvalue weighted by Gasteiger charge is -2.24. The van der Waals surface area contributed by atoms with E-state index >= 15 is 0 Å². The van der Waals surface area contributed by atoms with Crippen molar-refractivity contribution < 1.29 is 9.21 Å². The van der Waals surface area contributed by atoms with E-state index in [0.29, 0.717) is 0 Å². The molecule has 1 amide bonds. The van der Waals surface area contributed by atoms with Gasteiger partial charge in [-0.1, -0.05) is 12.8 Å². The number of fused-ring (bicyclic) bond motifs is 1. The van der Waals surface area contributed by atoms with Gasteiger partial charge in [0.25, 0.3) is 0 Å². The van der Waals surface area contributed by atoms with Crippen molar-refractivity contribution >= 4 is 5.91 Å². The lowest BCUT2D eigenvalue weighted by atomic mass is 9.93. The van der Waals surface area contributed by atoms with Gasteiger partial charge in [-0.15, -0.1) is 0 Å². The summed E-state index contributed by atoms with van der Waals surface area (Å²) in [4.78, 5) is 12.1. The second kappa shape index (κ2) is 4.55. The predicted octanol–water partition coefficient (Wildman–Crippen LogP) is 2.96. The Morgan fingerprint density at radius 1 is 1.24 bits per heavy atom. The van der Waals surface area contributed by atoms with Crippen LogP contribution in [0.5, 0.6) is 0 Å². The van der Waals surface area contributed by atoms with Gasteiger partial charge in [-0.05, 0) is 31.7 Å². The summed E-state index contributed by atoms with van der Waals surface area (Å²) in [5.74, 6) is 1.57. The van der Waals surface area contributed by atoms with Crippen LogP contribution in [0.4, 0.5) is 0 Å². The Kier molecular flexibility index (Phi) is 2.91. The Bertz CT molecular complexity index is 404. The van der Waals surface area contributed by atoms with Gasteiger partial charge >= 0.3 is 0 Å². The summed E-state index contributed by atoms with van der Waals surface area (Å²) in [5.41, 5.74) is 1.20. The molecule has 0 saturated heterocycles. The highest BCUT2D eigenvalue weighted by Crippen LogP contribution is 2.32. The van der Waals surface area contributed by atoms with E-state index in [1.54, 1.807) is 6.26 Å². The van der Waals surface area contributed by atoms with Crippen LogP contribution in [-0.2, 0) is 11.2 Å². The van der Waals surface area contributed by atoms with Crippen LogP contribution in [0.1, 0.15) is 55.9 Å². The first kappa shape index (κ1) is 10.9. The van der Waals surface area contributed by atoms with Gasteiger partial charge in [0.2, 0.25) is 5.91 Å². The van der Waals surface area contributed by atoms with Gasteiger partial charge < -0.3 is 9.73 Å². The molecule has 1 N–H and O–H groups in total. The third kappa shape index (κ3) is 2.11. The van der Waals surface area contributed by atoms with E-state index in [2.05, 4.69) is 5.32 Å². The van der Waals surface area contributed by atoms with Gasteiger partial charge in [-0.25, -0.2) is 0 Å². The molecule has 3 rings (SSSR count). The molecule has 1 saturated carbocycles. The fraction of sp³-hybridized carbons (Fsp3) is 0.643. The fourth-order valence-electron chi connectivity index (χ4n) is 3.11. The van der Waals surface area contributed by atoms with Crippen LogP contribution < -0.4 is 5.32 Å². The molecule has 1 unspecified atom stereocenters. The Morgan fingerprint density at radius 2 is 2.06 bits per heavy atom. The molecule has 2 aliphatic carbocycles. The molecule has 3 heteroatoms. The molecule has 0 bridgehead atoms. The summed E-state index contributed by atoms with van der Waals surface area (Å²) in [6, 6.07) is 2.19. The van der Waals surface area contributed by atoms with Gasteiger partial charge in [0.05, 0.1) is 12.3 Å². The van der Waals surface area contributed by atoms with Crippen LogP contribution >= 0.6 is 0 Å². The van der Waals surface area contributed by atoms with Crippen molar-refractivity contribution in [2.45, 2.75) is 51.0 Å². The summed E-state index contributed by atoms with van der Waals surface area (Å²) in [6.07, 6.45) is 9.46. The molecule has 1 atom stereocenters. The molecule has 0 radical (unpaired) electrons. The fourth-order valence-corrected chi connectivity index (χ4v) is 3.11. The Balaban J connectivity index is 1.68. The van der Waals surface area contributed by atoms with Crippen molar-refractivity contribution in [2.75, 3.05) is 0 Å². The summed E-state index contributed by atoms with van der Waals surface area (Å²) >= 11 is 0. The molecule has 1 aromatic rings. The Morgan fingerprint density at radius 3 is 2.88 bits per heavy atom. The second-order valence-corrected chi connectivity index (χ2v) is 5.23. The summed E-state index contributed by atoms with van der Waals surface area (Å²) in [5, 5.41) is 3.20. The monoisotopic (exact) mass is 233 g/mol. The Labute approximate surface area is 102 Å². The second-order valence-electron chi connectivity index (χ2n) is 5.23. The number of nitrogens with one attached hydrogen (secondary N) is 1. The van der Waals surface area contributed by atoms with Crippen molar-refractivity contribution in [2.24, 2.45) is 5.92 Å². The van der Waals surface area contributed by atoms with E-state index in [4.69, 9.17) is 4.42 Å². The summed E-state index contributed by atoms with van der Waals surface area (Å²) in [7, 11) is 0. The minimum atomic E-state index is 0.186. The van der Waals surface area contributed by atoms with Crippen molar-refractivity contribution in [3.05, 3.63) is 23.7 Å². The van der Waals surface area contributed by atoms with Gasteiger partial charge in [-0.3, -0.25) is 4.79 Å². The third-order valence-electron chi connectivity index (χ3n) is 4.09. The lowest BCUT2D eigenvalue weighted by molar-refractivity contribution is -0.125. The molecule has 0 aliphatic heterocycles. The normalized spacial score (nSPS) is 24.6. The topological polar surface area (TPSA) is 42.2 Å². The van der Waals surface area contributed by atoms with E-state index in [1.807, 2.05) is 6.07 Å². The van der Waals surface area contributed by atoms with E-state index in [1.165, 1.54) is 18.4 Å². The zero-order valence-electron chi connectivity index (χ0n) is 10.1. The molecule has 1 aromatic heterocycles. The number of carbonyl (C=O) groups is 1. The Hall–Kier alpha value is -1.25. The molecule has 1 heterocycles. The highest BCUT2D eigenvalue weighted by Gasteiger charge is 2.28. The first-order valence-electron chi connectivity index (χ1n) is 6.71. The van der Waals surface area contributed by atoms with Crippen molar-refractivity contribution in [3.8, 4) is 0 Å². The number of hydrogen-bond acceptors (Lipinski definition) is 2. The lowest BCUT2D eigenvalue weighted by Crippen LogP contribution is -2.34. The predicted molar refractivity (Wildman–Crippen MR) is 64.5 cm³/mol. The van der Waals surface area contributed by atoms with E-state index in [0.717, 1.165) is 37.9 Å². The molecule has 17 heavy (non-hydrogen) atoms. The van der Waals surface area contributed by atoms with Crippen LogP contribution in [0, 0.1) is 5.92 Å². The van der Waals surface area contributed by atoms with E-state index < -0.39 is 0 Å². The van der Waals surface area contributed by atoms with Crippen molar-refractivity contribution in [1.29, 1.82) is 0 Å². The van der Waals surface area contributed by atoms with Crippen molar-refractivity contribution in [3.63, 3.8) is 0 Å². The third-order valence-corrected chi connectivity index (χ3v) is 4.09. The zero-order chi connectivity index (χ0) is 11.7. The maximum atomic E-state index is 12.1. The molecular formula is C14H19NO2. The molecule has 0 spiro atoms. The smallest absolute Gasteiger partial charge is 0.223 e. The molecular weight excluding hydrogens is 214 g/mol. The first-order chi connectivity index (χ1) is 8.34. The highest BCUT2D eigenvalue weighted by molar-refractivity contribution is 5.79. The maximum absolute atomic E-state index is 12.1. The van der Waals surface area contributed by atoms with Gasteiger partial charge in [0.15, 0.2) is 0 Å². The zero-order valence-corrected chi connectivity index (χ0v) is 10.1. The average Bonchev–Trinajstić information content (AvgIpc) is 3.00. The minimum absolute atomic E-state index is 0.186. The van der Waals surface area contributed by atoms with Crippen LogP contribution in [0.15, 0.2) is 16.7 Å². The molecule has 2 aliphatic rings. The molecule has 92 valence electrons. The first-order valence-corrected chi connectivity index (χ1v) is 6.71. The van der Waals surface area contributed by atoms with Crippen LogP contribution in [-0.4, -0.2) is 5.91 Å². The SMILES string of the molecule is O=C(NC1CCCc2occc21)C1CCCC1. The van der Waals surface area contributed by atoms with Crippen LogP contribution in [0.25, 0.3) is 0 Å². The number of amides is 1. The van der Waals surface area contributed by atoms with Crippen LogP contribution in [0.3, 0.4) is 0 Å². The average molecular weight is 233 g/mol. The van der Waals surface area contributed by atoms with Crippen molar-refractivity contribution in [1.82, 2.24) is 5.32 Å². The van der Waals surface area contributed by atoms with Crippen LogP contribution in [0.2, 0.25) is 0 Å². The molecule has 1 fully saturated rings. The number of hydrogen-bond donors (Lipinski definition) is 1.